The van der Waals surface area contributed by atoms with Crippen LogP contribution in [0.5, 0.6) is 0 Å². The number of amides is 1. The molecule has 0 saturated carbocycles. The van der Waals surface area contributed by atoms with Gasteiger partial charge in [-0.2, -0.15) is 5.26 Å². The molecule has 1 aromatic heterocycles. The summed E-state index contributed by atoms with van der Waals surface area (Å²) in [7, 11) is 1.76. The molecule has 194 valence electrons. The summed E-state index contributed by atoms with van der Waals surface area (Å²) in [6.07, 6.45) is 4.00. The van der Waals surface area contributed by atoms with Gasteiger partial charge in [0.2, 0.25) is 0 Å². The van der Waals surface area contributed by atoms with Crippen LogP contribution in [0.4, 0.5) is 11.4 Å². The fourth-order valence-electron chi connectivity index (χ4n) is 4.93. The summed E-state index contributed by atoms with van der Waals surface area (Å²) >= 11 is 1.38. The highest BCUT2D eigenvalue weighted by Crippen LogP contribution is 2.35. The molecule has 1 amide bonds. The van der Waals surface area contributed by atoms with Crippen LogP contribution in [0.2, 0.25) is 0 Å². The van der Waals surface area contributed by atoms with Crippen molar-refractivity contribution in [3.63, 3.8) is 0 Å². The van der Waals surface area contributed by atoms with Crippen LogP contribution in [0, 0.1) is 11.3 Å². The van der Waals surface area contributed by atoms with Gasteiger partial charge in [0.05, 0.1) is 35.4 Å². The number of anilines is 1. The fourth-order valence-corrected chi connectivity index (χ4v) is 5.91. The second kappa shape index (κ2) is 10.8. The number of likely N-dealkylation sites (N-methyl/N-ethyl adjacent to an activating group) is 1. The Balaban J connectivity index is 1.27. The van der Waals surface area contributed by atoms with Crippen LogP contribution in [0.1, 0.15) is 16.7 Å². The summed E-state index contributed by atoms with van der Waals surface area (Å²) in [5, 5.41) is 11.2. The minimum atomic E-state index is -0.0738. The molecule has 2 aliphatic rings. The van der Waals surface area contributed by atoms with Crippen molar-refractivity contribution >= 4 is 51.2 Å². The summed E-state index contributed by atoms with van der Waals surface area (Å²) in [5.74, 6) is -0.0738. The summed E-state index contributed by atoms with van der Waals surface area (Å²) in [6.45, 7) is 3.83. The van der Waals surface area contributed by atoms with Crippen molar-refractivity contribution in [1.82, 2.24) is 9.47 Å². The number of aliphatic imine (C=N–C) groups is 1. The Morgan fingerprint density at radius 1 is 1.03 bits per heavy atom. The number of amidine groups is 1. The lowest BCUT2D eigenvalue weighted by Crippen LogP contribution is -2.36. The maximum Gasteiger partial charge on any atom is 0.266 e. The topological polar surface area (TPSA) is 73.9 Å². The summed E-state index contributed by atoms with van der Waals surface area (Å²) in [4.78, 5) is 22.5. The smallest absolute Gasteiger partial charge is 0.266 e. The molecule has 0 aliphatic carbocycles. The van der Waals surface area contributed by atoms with Crippen molar-refractivity contribution in [3.05, 3.63) is 101 Å². The Morgan fingerprint density at radius 3 is 2.56 bits per heavy atom. The van der Waals surface area contributed by atoms with E-state index in [4.69, 9.17) is 9.73 Å². The number of thioether (sulfide) groups is 1. The zero-order valence-corrected chi connectivity index (χ0v) is 22.4. The van der Waals surface area contributed by atoms with E-state index in [0.29, 0.717) is 22.2 Å². The van der Waals surface area contributed by atoms with Gasteiger partial charge in [-0.05, 0) is 59.8 Å². The molecule has 8 heteroatoms. The molecule has 2 fully saturated rings. The van der Waals surface area contributed by atoms with Crippen molar-refractivity contribution in [1.29, 1.82) is 5.26 Å². The Bertz CT molecular complexity index is 1640. The number of ether oxygens (including phenoxy) is 1. The Hall–Kier alpha value is -4.32. The number of nitriles is 1. The Kier molecular flexibility index (Phi) is 6.93. The van der Waals surface area contributed by atoms with Gasteiger partial charge in [-0.3, -0.25) is 9.69 Å². The second-order valence-corrected chi connectivity index (χ2v) is 10.5. The third-order valence-electron chi connectivity index (χ3n) is 7.04. The van der Waals surface area contributed by atoms with Crippen molar-refractivity contribution < 1.29 is 9.53 Å². The van der Waals surface area contributed by atoms with E-state index in [1.165, 1.54) is 11.8 Å². The third-order valence-corrected chi connectivity index (χ3v) is 8.10. The molecule has 7 nitrogen and oxygen atoms in total. The van der Waals surface area contributed by atoms with E-state index in [0.717, 1.165) is 59.7 Å². The van der Waals surface area contributed by atoms with Gasteiger partial charge in [-0.15, -0.1) is 0 Å². The van der Waals surface area contributed by atoms with E-state index < -0.39 is 0 Å². The number of rotatable bonds is 5. The number of carbonyl (C=O) groups is 1. The lowest BCUT2D eigenvalue weighted by molar-refractivity contribution is -0.121. The van der Waals surface area contributed by atoms with Gasteiger partial charge in [0.25, 0.3) is 5.91 Å². The Labute approximate surface area is 231 Å². The average Bonchev–Trinajstić information content (AvgIpc) is 3.46. The van der Waals surface area contributed by atoms with Gasteiger partial charge in [-0.1, -0.05) is 36.4 Å². The lowest BCUT2D eigenvalue weighted by Gasteiger charge is -2.28. The number of para-hydroxylation sites is 1. The maximum atomic E-state index is 13.2. The lowest BCUT2D eigenvalue weighted by atomic mass is 10.1. The molecular formula is C31H27N5O2S. The number of benzene rings is 3. The number of carbonyl (C=O) groups excluding carboxylic acids is 1. The van der Waals surface area contributed by atoms with Crippen LogP contribution >= 0.6 is 11.8 Å². The quantitative estimate of drug-likeness (QED) is 0.311. The number of morpholine rings is 1. The fraction of sp³-hybridized carbons (Fsp3) is 0.194. The van der Waals surface area contributed by atoms with E-state index in [9.17, 15) is 10.1 Å². The minimum Gasteiger partial charge on any atom is -0.378 e. The standard InChI is InChI=1S/C31H27N5O2S/c1-34-30(37)29(39-31(34)33-25-10-12-26(13-11-25)35-14-16-38-17-15-35)18-24-21-36(28-9-5-4-8-27(24)28)20-23-7-3-2-6-22(23)19-32/h2-13,18,21H,14-17,20H2,1H3/b29-18-,33-31?. The van der Waals surface area contributed by atoms with Crippen LogP contribution in [0.15, 0.2) is 88.9 Å². The first-order valence-electron chi connectivity index (χ1n) is 12.9. The maximum absolute atomic E-state index is 13.2. The van der Waals surface area contributed by atoms with Crippen molar-refractivity contribution in [2.75, 3.05) is 38.3 Å². The molecule has 3 heterocycles. The van der Waals surface area contributed by atoms with Crippen LogP contribution < -0.4 is 4.90 Å². The van der Waals surface area contributed by atoms with E-state index in [1.807, 2.05) is 54.6 Å². The zero-order valence-electron chi connectivity index (χ0n) is 21.6. The first-order valence-corrected chi connectivity index (χ1v) is 13.7. The van der Waals surface area contributed by atoms with E-state index >= 15 is 0 Å². The number of fused-ring (bicyclic) bond motifs is 1. The van der Waals surface area contributed by atoms with Gasteiger partial charge < -0.3 is 14.2 Å². The number of hydrogen-bond donors (Lipinski definition) is 0. The molecule has 0 unspecified atom stereocenters. The van der Waals surface area contributed by atoms with Gasteiger partial charge in [0, 0.05) is 55.0 Å². The molecule has 3 aromatic carbocycles. The summed E-state index contributed by atoms with van der Waals surface area (Å²) in [5.41, 5.74) is 5.59. The number of hydrogen-bond acceptors (Lipinski definition) is 6. The van der Waals surface area contributed by atoms with Gasteiger partial charge in [0.1, 0.15) is 0 Å². The first-order chi connectivity index (χ1) is 19.1. The summed E-state index contributed by atoms with van der Waals surface area (Å²) < 4.78 is 7.58. The minimum absolute atomic E-state index is 0.0738. The third kappa shape index (κ3) is 5.07. The molecule has 0 atom stereocenters. The molecule has 0 radical (unpaired) electrons. The van der Waals surface area contributed by atoms with Crippen LogP contribution in [-0.2, 0) is 16.1 Å². The van der Waals surface area contributed by atoms with E-state index in [-0.39, 0.29) is 5.91 Å². The molecule has 0 spiro atoms. The van der Waals surface area contributed by atoms with Crippen LogP contribution in [0.3, 0.4) is 0 Å². The molecule has 2 aliphatic heterocycles. The zero-order chi connectivity index (χ0) is 26.8. The number of aromatic nitrogens is 1. The highest BCUT2D eigenvalue weighted by molar-refractivity contribution is 8.18. The van der Waals surface area contributed by atoms with Crippen LogP contribution in [-0.4, -0.2) is 53.9 Å². The predicted octanol–water partition coefficient (Wildman–Crippen LogP) is 5.63. The normalized spacial score (nSPS) is 17.9. The van der Waals surface area contributed by atoms with E-state index in [2.05, 4.69) is 46.0 Å². The predicted molar refractivity (Wildman–Crippen MR) is 157 cm³/mol. The molecule has 6 rings (SSSR count). The molecule has 4 aromatic rings. The summed E-state index contributed by atoms with van der Waals surface area (Å²) in [6, 6.07) is 26.2. The van der Waals surface area contributed by atoms with Crippen molar-refractivity contribution in [2.45, 2.75) is 6.54 Å². The highest BCUT2D eigenvalue weighted by atomic mass is 32.2. The van der Waals surface area contributed by atoms with Gasteiger partial charge in [0.15, 0.2) is 5.17 Å². The number of nitrogens with zero attached hydrogens (tertiary/aromatic N) is 5. The van der Waals surface area contributed by atoms with Gasteiger partial charge in [-0.25, -0.2) is 4.99 Å². The first kappa shape index (κ1) is 25.0. The molecule has 39 heavy (non-hydrogen) atoms. The Morgan fingerprint density at radius 2 is 1.77 bits per heavy atom. The highest BCUT2D eigenvalue weighted by Gasteiger charge is 2.30. The molecule has 2 saturated heterocycles. The van der Waals surface area contributed by atoms with Crippen molar-refractivity contribution in [3.8, 4) is 6.07 Å². The second-order valence-electron chi connectivity index (χ2n) is 9.48. The molecule has 0 bridgehead atoms. The SMILES string of the molecule is CN1C(=O)/C(=C/c2cn(Cc3ccccc3C#N)c3ccccc23)SC1=Nc1ccc(N2CCOCC2)cc1. The van der Waals surface area contributed by atoms with Crippen molar-refractivity contribution in [2.24, 2.45) is 4.99 Å². The molecular weight excluding hydrogens is 506 g/mol. The van der Waals surface area contributed by atoms with Gasteiger partial charge >= 0.3 is 0 Å². The monoisotopic (exact) mass is 533 g/mol. The van der Waals surface area contributed by atoms with Crippen LogP contribution in [0.25, 0.3) is 17.0 Å². The largest absolute Gasteiger partial charge is 0.378 e. The van der Waals surface area contributed by atoms with E-state index in [1.54, 1.807) is 11.9 Å². The molecule has 0 N–H and O–H groups in total. The average molecular weight is 534 g/mol.